The minimum Gasteiger partial charge on any atom is -0.493 e. The fourth-order valence-electron chi connectivity index (χ4n) is 4.80. The van der Waals surface area contributed by atoms with Crippen LogP contribution in [0.1, 0.15) is 61.8 Å². The Labute approximate surface area is 205 Å². The van der Waals surface area contributed by atoms with E-state index >= 15 is 0 Å². The van der Waals surface area contributed by atoms with E-state index in [1.165, 1.54) is 18.4 Å². The molecular formula is C28H28Cl2N2O. The van der Waals surface area contributed by atoms with E-state index in [1.807, 2.05) is 31.2 Å². The van der Waals surface area contributed by atoms with E-state index in [0.29, 0.717) is 22.6 Å². The van der Waals surface area contributed by atoms with E-state index in [0.717, 1.165) is 28.3 Å². The molecule has 5 rings (SSSR count). The van der Waals surface area contributed by atoms with Crippen molar-refractivity contribution in [3.8, 4) is 5.75 Å². The van der Waals surface area contributed by atoms with E-state index < -0.39 is 11.1 Å². The molecule has 0 amide bonds. The van der Waals surface area contributed by atoms with Crippen molar-refractivity contribution in [1.82, 2.24) is 5.32 Å². The van der Waals surface area contributed by atoms with Crippen molar-refractivity contribution in [2.24, 2.45) is 4.99 Å². The van der Waals surface area contributed by atoms with Crippen LogP contribution in [0.4, 0.5) is 0 Å². The molecule has 3 aromatic rings. The number of amidine groups is 1. The molecule has 0 spiro atoms. The predicted octanol–water partition coefficient (Wildman–Crippen LogP) is 7.45. The summed E-state index contributed by atoms with van der Waals surface area (Å²) in [5.74, 6) is 2.34. The Morgan fingerprint density at radius 3 is 2.09 bits per heavy atom. The Morgan fingerprint density at radius 2 is 1.52 bits per heavy atom. The van der Waals surface area contributed by atoms with E-state index in [1.54, 1.807) is 0 Å². The van der Waals surface area contributed by atoms with Crippen molar-refractivity contribution in [2.75, 3.05) is 6.61 Å². The molecule has 170 valence electrons. The summed E-state index contributed by atoms with van der Waals surface area (Å²) in [4.78, 5) is 5.36. The Morgan fingerprint density at radius 1 is 0.909 bits per heavy atom. The first-order valence-electron chi connectivity index (χ1n) is 11.5. The highest BCUT2D eigenvalue weighted by Crippen LogP contribution is 2.49. The minimum atomic E-state index is -0.584. The monoisotopic (exact) mass is 478 g/mol. The molecule has 3 nitrogen and oxygen atoms in total. The van der Waals surface area contributed by atoms with Gasteiger partial charge in [0.1, 0.15) is 17.1 Å². The van der Waals surface area contributed by atoms with Crippen LogP contribution in [0.5, 0.6) is 5.75 Å². The third-order valence-electron chi connectivity index (χ3n) is 7.11. The molecule has 0 bridgehead atoms. The molecule has 0 radical (unpaired) electrons. The van der Waals surface area contributed by atoms with Gasteiger partial charge in [0.25, 0.3) is 0 Å². The van der Waals surface area contributed by atoms with Crippen LogP contribution in [0.25, 0.3) is 0 Å². The van der Waals surface area contributed by atoms with Gasteiger partial charge < -0.3 is 10.1 Å². The Bertz CT molecular complexity index is 1200. The molecule has 0 aromatic heterocycles. The molecule has 33 heavy (non-hydrogen) atoms. The third kappa shape index (κ3) is 3.92. The van der Waals surface area contributed by atoms with Crippen molar-refractivity contribution < 1.29 is 4.74 Å². The van der Waals surface area contributed by atoms with Gasteiger partial charge in [0.15, 0.2) is 0 Å². The summed E-state index contributed by atoms with van der Waals surface area (Å²) in [6.07, 6.45) is 2.50. The molecule has 2 aliphatic rings. The number of halogens is 2. The zero-order valence-corrected chi connectivity index (χ0v) is 20.7. The lowest BCUT2D eigenvalue weighted by molar-refractivity contribution is 0.268. The second-order valence-electron chi connectivity index (χ2n) is 9.26. The van der Waals surface area contributed by atoms with E-state index in [2.05, 4.69) is 61.6 Å². The highest BCUT2D eigenvalue weighted by Gasteiger charge is 2.52. The molecule has 1 saturated carbocycles. The Hall–Kier alpha value is -2.49. The second-order valence-corrected chi connectivity index (χ2v) is 10.1. The summed E-state index contributed by atoms with van der Waals surface area (Å²) in [6, 6.07) is 22.5. The number of ether oxygens (including phenoxy) is 1. The van der Waals surface area contributed by atoms with Gasteiger partial charge in [0.05, 0.1) is 17.7 Å². The van der Waals surface area contributed by atoms with Crippen LogP contribution < -0.4 is 10.1 Å². The Balaban J connectivity index is 1.67. The molecule has 0 saturated heterocycles. The molecule has 3 aromatic carbocycles. The lowest BCUT2D eigenvalue weighted by Gasteiger charge is -2.40. The van der Waals surface area contributed by atoms with Gasteiger partial charge in [-0.15, -0.1) is 0 Å². The quantitative estimate of drug-likeness (QED) is 0.398. The zero-order chi connectivity index (χ0) is 23.2. The molecule has 0 unspecified atom stereocenters. The molecule has 1 fully saturated rings. The van der Waals surface area contributed by atoms with E-state index in [-0.39, 0.29) is 0 Å². The first kappa shape index (κ1) is 22.3. The van der Waals surface area contributed by atoms with Crippen LogP contribution in [-0.2, 0) is 11.1 Å². The van der Waals surface area contributed by atoms with Crippen LogP contribution in [0.2, 0.25) is 10.0 Å². The van der Waals surface area contributed by atoms with Gasteiger partial charge in [0.2, 0.25) is 0 Å². The lowest BCUT2D eigenvalue weighted by Crippen LogP contribution is -2.50. The van der Waals surface area contributed by atoms with Crippen molar-refractivity contribution in [2.45, 2.75) is 50.6 Å². The number of rotatable bonds is 6. The van der Waals surface area contributed by atoms with Crippen LogP contribution in [-0.4, -0.2) is 12.4 Å². The zero-order valence-electron chi connectivity index (χ0n) is 19.2. The molecular weight excluding hydrogens is 451 g/mol. The van der Waals surface area contributed by atoms with Gasteiger partial charge in [-0.2, -0.15) is 0 Å². The highest BCUT2D eigenvalue weighted by molar-refractivity contribution is 6.30. The number of benzene rings is 3. The summed E-state index contributed by atoms with van der Waals surface area (Å²) in [6.45, 7) is 6.99. The smallest absolute Gasteiger partial charge is 0.133 e. The molecule has 5 heteroatoms. The highest BCUT2D eigenvalue weighted by atomic mass is 35.5. The maximum atomic E-state index is 6.22. The maximum absolute atomic E-state index is 6.22. The molecule has 1 aliphatic carbocycles. The maximum Gasteiger partial charge on any atom is 0.133 e. The fraction of sp³-hybridized carbons (Fsp3) is 0.321. The first-order valence-corrected chi connectivity index (χ1v) is 12.3. The van der Waals surface area contributed by atoms with E-state index in [4.69, 9.17) is 32.9 Å². The van der Waals surface area contributed by atoms with Crippen LogP contribution >= 0.6 is 23.2 Å². The van der Waals surface area contributed by atoms with Gasteiger partial charge in [-0.25, -0.2) is 0 Å². The minimum absolute atomic E-state index is 0.514. The van der Waals surface area contributed by atoms with Crippen LogP contribution in [0.15, 0.2) is 71.7 Å². The Kier molecular flexibility index (Phi) is 5.66. The lowest BCUT2D eigenvalue weighted by atomic mass is 9.72. The second kappa shape index (κ2) is 8.38. The summed E-state index contributed by atoms with van der Waals surface area (Å²) in [5, 5.41) is 5.23. The number of nitrogens with zero attached hydrogens (tertiary/aromatic N) is 1. The average molecular weight is 479 g/mol. The topological polar surface area (TPSA) is 33.6 Å². The summed E-state index contributed by atoms with van der Waals surface area (Å²) >= 11 is 12.4. The van der Waals surface area contributed by atoms with Gasteiger partial charge in [-0.1, -0.05) is 53.5 Å². The van der Waals surface area contributed by atoms with E-state index in [9.17, 15) is 0 Å². The van der Waals surface area contributed by atoms with Crippen molar-refractivity contribution in [1.29, 1.82) is 0 Å². The SMILES string of the molecule is CCOc1ccc(C2CC2)cc1C1=N[C@@](C)(c2ccc(Cl)cc2)[C@](C)(c2ccc(Cl)cc2)N1. The van der Waals surface area contributed by atoms with Gasteiger partial charge in [0, 0.05) is 10.0 Å². The number of nitrogens with one attached hydrogen (secondary N) is 1. The first-order chi connectivity index (χ1) is 15.8. The van der Waals surface area contributed by atoms with Crippen LogP contribution in [0, 0.1) is 0 Å². The van der Waals surface area contributed by atoms with Gasteiger partial charge in [-0.3, -0.25) is 4.99 Å². The molecule has 1 heterocycles. The summed E-state index contributed by atoms with van der Waals surface area (Å²) < 4.78 is 6.03. The average Bonchev–Trinajstić information content (AvgIpc) is 3.61. The summed E-state index contributed by atoms with van der Waals surface area (Å²) in [5.41, 5.74) is 3.47. The molecule has 1 aliphatic heterocycles. The fourth-order valence-corrected chi connectivity index (χ4v) is 5.05. The standard InChI is InChI=1S/C28H28Cl2N2O/c1-4-33-25-16-7-19(18-5-6-18)17-24(25)26-31-27(2,20-8-12-22(29)13-9-20)28(3,32-26)21-10-14-23(30)15-11-21/h7-18H,4-6H2,1-3H3,(H,31,32)/t27-,28-/m0/s1. The number of aliphatic imine (C=N–C) groups is 1. The van der Waals surface area contributed by atoms with Gasteiger partial charge in [-0.05, 0) is 92.6 Å². The molecule has 1 N–H and O–H groups in total. The van der Waals surface area contributed by atoms with Gasteiger partial charge >= 0.3 is 0 Å². The number of hydrogen-bond acceptors (Lipinski definition) is 3. The largest absolute Gasteiger partial charge is 0.493 e. The third-order valence-corrected chi connectivity index (χ3v) is 7.62. The number of hydrogen-bond donors (Lipinski definition) is 1. The van der Waals surface area contributed by atoms with Crippen molar-refractivity contribution >= 4 is 29.0 Å². The summed E-state index contributed by atoms with van der Waals surface area (Å²) in [7, 11) is 0. The predicted molar refractivity (Wildman–Crippen MR) is 137 cm³/mol. The normalized spacial score (nSPS) is 24.3. The van der Waals surface area contributed by atoms with Crippen molar-refractivity contribution in [3.63, 3.8) is 0 Å². The van der Waals surface area contributed by atoms with Crippen molar-refractivity contribution in [3.05, 3.63) is 99.0 Å². The molecule has 2 atom stereocenters. The van der Waals surface area contributed by atoms with Crippen LogP contribution in [0.3, 0.4) is 0 Å².